The Morgan fingerprint density at radius 3 is 2.59 bits per heavy atom. The molecule has 0 spiro atoms. The van der Waals surface area contributed by atoms with Gasteiger partial charge in [0.05, 0.1) is 5.69 Å². The minimum atomic E-state index is 0.266. The third-order valence-corrected chi connectivity index (χ3v) is 4.84. The van der Waals surface area contributed by atoms with Crippen LogP contribution in [0.5, 0.6) is 0 Å². The zero-order valence-electron chi connectivity index (χ0n) is 12.8. The average Bonchev–Trinajstić information content (AvgIpc) is 3.01. The fourth-order valence-electron chi connectivity index (χ4n) is 3.54. The highest BCUT2D eigenvalue weighted by atomic mass is 15.3. The van der Waals surface area contributed by atoms with Crippen molar-refractivity contribution >= 4 is 5.82 Å². The van der Waals surface area contributed by atoms with Gasteiger partial charge in [-0.3, -0.25) is 0 Å². The largest absolute Gasteiger partial charge is 0.354 e. The van der Waals surface area contributed by atoms with E-state index in [1.807, 2.05) is 0 Å². The number of benzene rings is 1. The number of hydrogen-bond acceptors (Lipinski definition) is 4. The van der Waals surface area contributed by atoms with Crippen LogP contribution in [-0.4, -0.2) is 29.3 Å². The Labute approximate surface area is 131 Å². The Kier molecular flexibility index (Phi) is 3.54. The summed E-state index contributed by atoms with van der Waals surface area (Å²) in [5, 5.41) is 8.84. The molecule has 1 aromatic carbocycles. The molecule has 0 amide bonds. The van der Waals surface area contributed by atoms with Gasteiger partial charge in [-0.25, -0.2) is 0 Å². The van der Waals surface area contributed by atoms with Gasteiger partial charge >= 0.3 is 0 Å². The number of nitrogens with two attached hydrogens (primary N) is 1. The Morgan fingerprint density at radius 2 is 1.86 bits per heavy atom. The number of nitrogens with zero attached hydrogens (tertiary/aromatic N) is 3. The van der Waals surface area contributed by atoms with Gasteiger partial charge in [0.1, 0.15) is 0 Å². The molecule has 114 valence electrons. The molecule has 0 bridgehead atoms. The summed E-state index contributed by atoms with van der Waals surface area (Å²) in [7, 11) is 0. The molecule has 0 radical (unpaired) electrons. The van der Waals surface area contributed by atoms with Gasteiger partial charge in [0.2, 0.25) is 0 Å². The third kappa shape index (κ3) is 2.59. The maximum atomic E-state index is 5.96. The molecule has 1 aliphatic heterocycles. The lowest BCUT2D eigenvalue weighted by molar-refractivity contribution is 0.686. The highest BCUT2D eigenvalue weighted by Gasteiger charge is 2.20. The van der Waals surface area contributed by atoms with Crippen molar-refractivity contribution in [3.8, 4) is 11.3 Å². The van der Waals surface area contributed by atoms with Crippen molar-refractivity contribution in [1.82, 2.24) is 10.2 Å². The van der Waals surface area contributed by atoms with Crippen LogP contribution in [0.1, 0.15) is 30.4 Å². The van der Waals surface area contributed by atoms with Crippen LogP contribution in [-0.2, 0) is 12.8 Å². The molecule has 2 N–H and O–H groups in total. The minimum absolute atomic E-state index is 0.266. The molecule has 2 aliphatic rings. The van der Waals surface area contributed by atoms with Gasteiger partial charge in [-0.15, -0.1) is 10.2 Å². The van der Waals surface area contributed by atoms with E-state index in [-0.39, 0.29) is 6.04 Å². The molecule has 1 unspecified atom stereocenters. The summed E-state index contributed by atoms with van der Waals surface area (Å²) in [6.45, 7) is 1.86. The molecule has 1 fully saturated rings. The lowest BCUT2D eigenvalue weighted by atomic mass is 9.90. The number of aromatic nitrogens is 2. The molecule has 1 saturated heterocycles. The molecule has 2 aromatic rings. The van der Waals surface area contributed by atoms with Crippen LogP contribution < -0.4 is 10.6 Å². The highest BCUT2D eigenvalue weighted by Crippen LogP contribution is 2.27. The van der Waals surface area contributed by atoms with E-state index in [9.17, 15) is 0 Å². The fourth-order valence-corrected chi connectivity index (χ4v) is 3.54. The van der Waals surface area contributed by atoms with E-state index in [1.165, 1.54) is 42.4 Å². The lowest BCUT2D eigenvalue weighted by Gasteiger charge is -2.17. The first-order valence-electron chi connectivity index (χ1n) is 8.26. The topological polar surface area (TPSA) is 55.0 Å². The van der Waals surface area contributed by atoms with Crippen molar-refractivity contribution in [2.45, 2.75) is 38.1 Å². The van der Waals surface area contributed by atoms with Crippen molar-refractivity contribution in [2.24, 2.45) is 5.73 Å². The predicted octanol–water partition coefficient (Wildman–Crippen LogP) is 2.56. The molecular weight excluding hydrogens is 272 g/mol. The van der Waals surface area contributed by atoms with E-state index < -0.39 is 0 Å². The monoisotopic (exact) mass is 294 g/mol. The van der Waals surface area contributed by atoms with Crippen LogP contribution in [0.3, 0.4) is 0 Å². The van der Waals surface area contributed by atoms with E-state index in [1.54, 1.807) is 0 Å². The average molecular weight is 294 g/mol. The summed E-state index contributed by atoms with van der Waals surface area (Å²) in [4.78, 5) is 2.22. The van der Waals surface area contributed by atoms with Crippen molar-refractivity contribution in [3.05, 3.63) is 41.5 Å². The first-order valence-corrected chi connectivity index (χ1v) is 8.26. The minimum Gasteiger partial charge on any atom is -0.354 e. The van der Waals surface area contributed by atoms with Gasteiger partial charge in [-0.05, 0) is 61.4 Å². The Hall–Kier alpha value is -1.94. The Balaban J connectivity index is 1.58. The van der Waals surface area contributed by atoms with Crippen LogP contribution in [0.2, 0.25) is 0 Å². The molecule has 4 rings (SSSR count). The molecule has 1 aliphatic carbocycles. The van der Waals surface area contributed by atoms with E-state index in [0.717, 1.165) is 31.0 Å². The molecule has 2 heterocycles. The lowest BCUT2D eigenvalue weighted by Crippen LogP contribution is -2.27. The van der Waals surface area contributed by atoms with Crippen LogP contribution in [0.4, 0.5) is 5.82 Å². The van der Waals surface area contributed by atoms with Gasteiger partial charge < -0.3 is 10.6 Å². The summed E-state index contributed by atoms with van der Waals surface area (Å²) in [5.41, 5.74) is 11.1. The van der Waals surface area contributed by atoms with E-state index in [0.29, 0.717) is 0 Å². The number of fused-ring (bicyclic) bond motifs is 1. The van der Waals surface area contributed by atoms with Crippen molar-refractivity contribution in [3.63, 3.8) is 0 Å². The molecule has 4 heteroatoms. The quantitative estimate of drug-likeness (QED) is 0.925. The summed E-state index contributed by atoms with van der Waals surface area (Å²) in [6.07, 6.45) is 6.07. The van der Waals surface area contributed by atoms with Gasteiger partial charge in [0.25, 0.3) is 0 Å². The Bertz CT molecular complexity index is 665. The molecule has 1 atom stereocenters. The molecular formula is C18H22N4. The summed E-state index contributed by atoms with van der Waals surface area (Å²) >= 11 is 0. The van der Waals surface area contributed by atoms with Crippen LogP contribution >= 0.6 is 0 Å². The van der Waals surface area contributed by atoms with Crippen molar-refractivity contribution < 1.29 is 0 Å². The first-order chi connectivity index (χ1) is 10.8. The number of anilines is 1. The van der Waals surface area contributed by atoms with Crippen LogP contribution in [0, 0.1) is 0 Å². The van der Waals surface area contributed by atoms with Gasteiger partial charge in [0.15, 0.2) is 5.82 Å². The predicted molar refractivity (Wildman–Crippen MR) is 88.9 cm³/mol. The SMILES string of the molecule is NC1CCN(c2ccc(-c3ccc4c(c3)CCCC4)nn2)C1. The fraction of sp³-hybridized carbons (Fsp3) is 0.444. The molecule has 22 heavy (non-hydrogen) atoms. The van der Waals surface area contributed by atoms with Crippen LogP contribution in [0.25, 0.3) is 11.3 Å². The second kappa shape index (κ2) is 5.69. The number of aryl methyl sites for hydroxylation is 2. The van der Waals surface area contributed by atoms with E-state index in [4.69, 9.17) is 5.73 Å². The maximum Gasteiger partial charge on any atom is 0.151 e. The summed E-state index contributed by atoms with van der Waals surface area (Å²) in [6, 6.07) is 11.2. The molecule has 0 saturated carbocycles. The molecule has 1 aromatic heterocycles. The van der Waals surface area contributed by atoms with Crippen molar-refractivity contribution in [2.75, 3.05) is 18.0 Å². The maximum absolute atomic E-state index is 5.96. The highest BCUT2D eigenvalue weighted by molar-refractivity contribution is 5.62. The third-order valence-electron chi connectivity index (χ3n) is 4.84. The van der Waals surface area contributed by atoms with Crippen molar-refractivity contribution in [1.29, 1.82) is 0 Å². The summed E-state index contributed by atoms with van der Waals surface area (Å²) in [5.74, 6) is 0.940. The van der Waals surface area contributed by atoms with Gasteiger partial charge in [-0.2, -0.15) is 0 Å². The zero-order valence-corrected chi connectivity index (χ0v) is 12.8. The Morgan fingerprint density at radius 1 is 1.00 bits per heavy atom. The number of hydrogen-bond donors (Lipinski definition) is 1. The van der Waals surface area contributed by atoms with Gasteiger partial charge in [-0.1, -0.05) is 12.1 Å². The second-order valence-corrected chi connectivity index (χ2v) is 6.46. The van der Waals surface area contributed by atoms with E-state index in [2.05, 4.69) is 45.4 Å². The normalized spacial score (nSPS) is 21.0. The number of rotatable bonds is 2. The smallest absolute Gasteiger partial charge is 0.151 e. The first kappa shape index (κ1) is 13.7. The summed E-state index contributed by atoms with van der Waals surface area (Å²) < 4.78 is 0. The van der Waals surface area contributed by atoms with Crippen LogP contribution in [0.15, 0.2) is 30.3 Å². The zero-order chi connectivity index (χ0) is 14.9. The standard InChI is InChI=1S/C18H22N4/c19-16-9-10-22(12-16)18-8-7-17(20-21-18)15-6-5-13-3-1-2-4-14(13)11-15/h5-8,11,16H,1-4,9-10,12,19H2. The second-order valence-electron chi connectivity index (χ2n) is 6.46. The molecule has 4 nitrogen and oxygen atoms in total. The van der Waals surface area contributed by atoms with E-state index >= 15 is 0 Å². The van der Waals surface area contributed by atoms with Gasteiger partial charge in [0, 0.05) is 24.7 Å².